The number of aromatic nitrogens is 1. The molecule has 3 N–H and O–H groups in total. The average Bonchev–Trinajstić information content (AvgIpc) is 3.55. The summed E-state index contributed by atoms with van der Waals surface area (Å²) in [6.07, 6.45) is 7.11. The van der Waals surface area contributed by atoms with E-state index in [-0.39, 0.29) is 25.1 Å². The van der Waals surface area contributed by atoms with Gasteiger partial charge in [-0.1, -0.05) is 23.7 Å². The maximum Gasteiger partial charge on any atom is 0.252 e. The summed E-state index contributed by atoms with van der Waals surface area (Å²) in [5.41, 5.74) is 4.02. The van der Waals surface area contributed by atoms with E-state index in [1.165, 1.54) is 6.20 Å². The number of aliphatic hydroxyl groups is 1. The Morgan fingerprint density at radius 1 is 1.39 bits per heavy atom. The van der Waals surface area contributed by atoms with Crippen LogP contribution >= 0.6 is 11.6 Å². The van der Waals surface area contributed by atoms with Crippen LogP contribution in [0.25, 0.3) is 11.1 Å². The molecule has 1 fully saturated rings. The van der Waals surface area contributed by atoms with Gasteiger partial charge >= 0.3 is 0 Å². The summed E-state index contributed by atoms with van der Waals surface area (Å²) in [4.78, 5) is 17.1. The molecule has 0 unspecified atom stereocenters. The Morgan fingerprint density at radius 2 is 2.13 bits per heavy atom. The van der Waals surface area contributed by atoms with Gasteiger partial charge in [0.15, 0.2) is 6.73 Å². The maximum absolute atomic E-state index is 12.7. The molecule has 2 heterocycles. The number of amides is 1. The van der Waals surface area contributed by atoms with Gasteiger partial charge in [-0.3, -0.25) is 9.80 Å². The fourth-order valence-corrected chi connectivity index (χ4v) is 3.52. The average molecular weight is 444 g/mol. The van der Waals surface area contributed by atoms with Crippen LogP contribution in [-0.2, 0) is 0 Å². The van der Waals surface area contributed by atoms with E-state index in [2.05, 4.69) is 15.7 Å². The summed E-state index contributed by atoms with van der Waals surface area (Å²) in [5, 5.41) is 17.5. The molecule has 164 valence electrons. The third-order valence-electron chi connectivity index (χ3n) is 5.56. The molecule has 1 aliphatic carbocycles. The monoisotopic (exact) mass is 443 g/mol. The van der Waals surface area contributed by atoms with Crippen LogP contribution in [0.5, 0.6) is 5.88 Å². The van der Waals surface area contributed by atoms with Crippen molar-refractivity contribution in [3.05, 3.63) is 59.5 Å². The minimum Gasteiger partial charge on any atom is -0.454 e. The van der Waals surface area contributed by atoms with Crippen LogP contribution in [0.15, 0.2) is 48.9 Å². The van der Waals surface area contributed by atoms with E-state index in [0.29, 0.717) is 22.0 Å². The van der Waals surface area contributed by atoms with Crippen molar-refractivity contribution in [1.82, 2.24) is 25.9 Å². The highest BCUT2D eigenvalue weighted by Crippen LogP contribution is 2.39. The van der Waals surface area contributed by atoms with Crippen molar-refractivity contribution < 1.29 is 14.6 Å². The van der Waals surface area contributed by atoms with Gasteiger partial charge in [-0.05, 0) is 49.4 Å². The quantitative estimate of drug-likeness (QED) is 0.578. The number of hydrazine groups is 2. The van der Waals surface area contributed by atoms with Gasteiger partial charge in [0, 0.05) is 42.8 Å². The van der Waals surface area contributed by atoms with Gasteiger partial charge in [-0.15, -0.1) is 5.12 Å². The second-order valence-electron chi connectivity index (χ2n) is 8.08. The Hall–Kier alpha value is -2.81. The molecule has 1 aliphatic heterocycles. The molecular weight excluding hydrogens is 418 g/mol. The Bertz CT molecular complexity index is 976. The van der Waals surface area contributed by atoms with Crippen molar-refractivity contribution in [2.45, 2.75) is 25.4 Å². The van der Waals surface area contributed by atoms with Crippen molar-refractivity contribution in [3.8, 4) is 17.0 Å². The van der Waals surface area contributed by atoms with E-state index in [9.17, 15) is 9.90 Å². The van der Waals surface area contributed by atoms with Gasteiger partial charge in [-0.2, -0.15) is 0 Å². The van der Waals surface area contributed by atoms with Gasteiger partial charge in [-0.25, -0.2) is 4.98 Å². The third kappa shape index (κ3) is 5.10. The Labute approximate surface area is 186 Å². The highest BCUT2D eigenvalue weighted by atomic mass is 35.5. The number of nitrogens with zero attached hydrogens (tertiary/aromatic N) is 3. The summed E-state index contributed by atoms with van der Waals surface area (Å²) < 4.78 is 5.94. The molecule has 0 bridgehead atoms. The molecule has 1 amide bonds. The summed E-state index contributed by atoms with van der Waals surface area (Å²) in [6, 6.07) is 9.02. The Kier molecular flexibility index (Phi) is 6.04. The van der Waals surface area contributed by atoms with Crippen LogP contribution in [0, 0.1) is 5.92 Å². The molecule has 0 radical (unpaired) electrons. The second kappa shape index (κ2) is 8.74. The molecular formula is C22H26ClN5O3. The molecule has 9 heteroatoms. The molecule has 2 aromatic rings. The molecule has 1 aromatic heterocycles. The fourth-order valence-electron chi connectivity index (χ4n) is 3.40. The topological polar surface area (TPSA) is 90.0 Å². The first-order valence-electron chi connectivity index (χ1n) is 10.2. The van der Waals surface area contributed by atoms with Crippen molar-refractivity contribution in [3.63, 3.8) is 0 Å². The smallest absolute Gasteiger partial charge is 0.252 e. The van der Waals surface area contributed by atoms with Gasteiger partial charge < -0.3 is 20.6 Å². The zero-order valence-corrected chi connectivity index (χ0v) is 18.3. The number of carbonyl (C=O) groups excluding carboxylic acids is 1. The number of rotatable bonds is 8. The van der Waals surface area contributed by atoms with E-state index in [4.69, 9.17) is 16.3 Å². The zero-order chi connectivity index (χ0) is 22.0. The molecule has 0 spiro atoms. The Balaban J connectivity index is 1.54. The van der Waals surface area contributed by atoms with E-state index in [0.717, 1.165) is 18.4 Å². The zero-order valence-electron chi connectivity index (χ0n) is 17.5. The number of benzene rings is 1. The van der Waals surface area contributed by atoms with Gasteiger partial charge in [0.1, 0.15) is 0 Å². The number of hydrogen-bond donors (Lipinski definition) is 3. The summed E-state index contributed by atoms with van der Waals surface area (Å²) >= 11 is 6.04. The number of hydrogen-bond acceptors (Lipinski definition) is 7. The van der Waals surface area contributed by atoms with Crippen molar-refractivity contribution >= 4 is 17.5 Å². The fraction of sp³-hybridized carbons (Fsp3) is 0.364. The van der Waals surface area contributed by atoms with Crippen molar-refractivity contribution in [1.29, 1.82) is 0 Å². The SMILES string of the molecule is CN1NC=CN1COc1ncc(C(=O)NC[C@@](C)(O)C2CC2)cc1-c1ccc(Cl)cc1. The molecule has 31 heavy (non-hydrogen) atoms. The number of ether oxygens (including phenoxy) is 1. The third-order valence-corrected chi connectivity index (χ3v) is 5.81. The van der Waals surface area contributed by atoms with Crippen LogP contribution in [0.3, 0.4) is 0 Å². The molecule has 0 saturated heterocycles. The summed E-state index contributed by atoms with van der Waals surface area (Å²) in [5.74, 6) is 0.359. The van der Waals surface area contributed by atoms with Crippen LogP contribution in [0.1, 0.15) is 30.1 Å². The van der Waals surface area contributed by atoms with Crippen molar-refractivity contribution in [2.75, 3.05) is 20.3 Å². The van der Waals surface area contributed by atoms with Gasteiger partial charge in [0.2, 0.25) is 5.88 Å². The highest BCUT2D eigenvalue weighted by molar-refractivity contribution is 6.30. The first-order chi connectivity index (χ1) is 14.8. The van der Waals surface area contributed by atoms with Crippen LogP contribution in [0.4, 0.5) is 0 Å². The largest absolute Gasteiger partial charge is 0.454 e. The molecule has 1 saturated carbocycles. The molecule has 8 nitrogen and oxygen atoms in total. The lowest BCUT2D eigenvalue weighted by atomic mass is 10.0. The normalized spacial score (nSPS) is 17.9. The Morgan fingerprint density at radius 3 is 2.77 bits per heavy atom. The van der Waals surface area contributed by atoms with Gasteiger partial charge in [0.25, 0.3) is 5.91 Å². The summed E-state index contributed by atoms with van der Waals surface area (Å²) in [6.45, 7) is 2.20. The predicted molar refractivity (Wildman–Crippen MR) is 118 cm³/mol. The predicted octanol–water partition coefficient (Wildman–Crippen LogP) is 2.77. The molecule has 2 aliphatic rings. The lowest BCUT2D eigenvalue weighted by Crippen LogP contribution is -2.42. The van der Waals surface area contributed by atoms with Crippen molar-refractivity contribution in [2.24, 2.45) is 5.92 Å². The molecule has 4 rings (SSSR count). The number of carbonyl (C=O) groups is 1. The minimum atomic E-state index is -0.894. The first-order valence-corrected chi connectivity index (χ1v) is 10.5. The minimum absolute atomic E-state index is 0.200. The lowest BCUT2D eigenvalue weighted by Gasteiger charge is -2.25. The molecule has 1 atom stereocenters. The number of pyridine rings is 1. The summed E-state index contributed by atoms with van der Waals surface area (Å²) in [7, 11) is 1.86. The van der Waals surface area contributed by atoms with Crippen LogP contribution < -0.4 is 15.5 Å². The molecule has 1 aromatic carbocycles. The number of nitrogens with one attached hydrogen (secondary N) is 2. The van der Waals surface area contributed by atoms with Crippen LogP contribution in [0.2, 0.25) is 5.02 Å². The van der Waals surface area contributed by atoms with Crippen LogP contribution in [-0.4, -0.2) is 52.0 Å². The number of halogens is 1. The standard InChI is InChI=1S/C22H26ClN5O3/c1-22(30,17-5-6-17)13-25-20(29)16-11-19(15-3-7-18(23)8-4-15)21(24-12-16)31-14-28-10-9-26-27(28)2/h3-4,7-12,17,26,30H,5-6,13-14H2,1-2H3,(H,25,29)/t22-/m1/s1. The highest BCUT2D eigenvalue weighted by Gasteiger charge is 2.40. The van der Waals surface area contributed by atoms with E-state index in [1.54, 1.807) is 36.4 Å². The van der Waals surface area contributed by atoms with E-state index < -0.39 is 5.60 Å². The van der Waals surface area contributed by atoms with E-state index in [1.807, 2.05) is 30.4 Å². The first kappa shape index (κ1) is 21.4. The maximum atomic E-state index is 12.7. The van der Waals surface area contributed by atoms with E-state index >= 15 is 0 Å². The van der Waals surface area contributed by atoms with Gasteiger partial charge in [0.05, 0.1) is 11.2 Å². The second-order valence-corrected chi connectivity index (χ2v) is 8.52. The lowest BCUT2D eigenvalue weighted by molar-refractivity contribution is -0.0203.